The fourth-order valence-corrected chi connectivity index (χ4v) is 3.30. The van der Waals surface area contributed by atoms with Crippen molar-refractivity contribution in [1.82, 2.24) is 15.1 Å². The zero-order chi connectivity index (χ0) is 19.2. The van der Waals surface area contributed by atoms with Crippen LogP contribution in [0.5, 0.6) is 17.2 Å². The molecule has 0 radical (unpaired) electrons. The number of ether oxygens (including phenoxy) is 3. The Hall–Kier alpha value is -3.00. The molecular formula is C19H21N3O4S. The number of nitrogens with zero attached hydrogens (tertiary/aromatic N) is 2. The zero-order valence-electron chi connectivity index (χ0n) is 15.4. The maximum atomic E-state index is 12.5. The van der Waals surface area contributed by atoms with E-state index < -0.39 is 0 Å². The highest BCUT2D eigenvalue weighted by Gasteiger charge is 2.16. The minimum atomic E-state index is -0.223. The molecule has 8 heteroatoms. The summed E-state index contributed by atoms with van der Waals surface area (Å²) in [6, 6.07) is 7.24. The van der Waals surface area contributed by atoms with Gasteiger partial charge < -0.3 is 19.5 Å². The number of amides is 1. The van der Waals surface area contributed by atoms with Gasteiger partial charge in [-0.05, 0) is 29.6 Å². The monoisotopic (exact) mass is 387 g/mol. The largest absolute Gasteiger partial charge is 0.493 e. The normalized spacial score (nSPS) is 10.5. The van der Waals surface area contributed by atoms with E-state index in [0.717, 1.165) is 11.3 Å². The molecule has 1 amide bonds. The highest BCUT2D eigenvalue weighted by atomic mass is 32.1. The molecule has 1 aromatic carbocycles. The fourth-order valence-electron chi connectivity index (χ4n) is 2.65. The molecule has 27 heavy (non-hydrogen) atoms. The lowest BCUT2D eigenvalue weighted by molar-refractivity contribution is 0.0951. The Morgan fingerprint density at radius 1 is 1.15 bits per heavy atom. The molecule has 0 aliphatic heterocycles. The summed E-state index contributed by atoms with van der Waals surface area (Å²) in [6.07, 6.45) is 1.90. The van der Waals surface area contributed by atoms with Crippen molar-refractivity contribution in [1.29, 1.82) is 0 Å². The number of methoxy groups -OCH3 is 3. The van der Waals surface area contributed by atoms with E-state index in [1.54, 1.807) is 23.5 Å². The van der Waals surface area contributed by atoms with Gasteiger partial charge in [-0.25, -0.2) is 0 Å². The number of hydrogen-bond acceptors (Lipinski definition) is 6. The van der Waals surface area contributed by atoms with Crippen LogP contribution in [0.15, 0.2) is 41.2 Å². The summed E-state index contributed by atoms with van der Waals surface area (Å²) in [7, 11) is 4.55. The van der Waals surface area contributed by atoms with E-state index in [0.29, 0.717) is 35.9 Å². The smallest absolute Gasteiger partial charge is 0.251 e. The molecule has 0 aliphatic carbocycles. The van der Waals surface area contributed by atoms with Gasteiger partial charge in [0, 0.05) is 29.2 Å². The van der Waals surface area contributed by atoms with E-state index in [1.165, 1.54) is 21.3 Å². The van der Waals surface area contributed by atoms with Gasteiger partial charge in [-0.2, -0.15) is 16.4 Å². The van der Waals surface area contributed by atoms with Crippen LogP contribution in [0.2, 0.25) is 0 Å². The number of carbonyl (C=O) groups excluding carboxylic acids is 1. The van der Waals surface area contributed by atoms with Crippen LogP contribution in [-0.2, 0) is 6.54 Å². The van der Waals surface area contributed by atoms with Crippen LogP contribution < -0.4 is 19.5 Å². The molecule has 0 fully saturated rings. The highest BCUT2D eigenvalue weighted by Crippen LogP contribution is 2.38. The van der Waals surface area contributed by atoms with E-state index in [-0.39, 0.29) is 5.91 Å². The first-order valence-electron chi connectivity index (χ1n) is 8.30. The van der Waals surface area contributed by atoms with Crippen molar-refractivity contribution in [2.75, 3.05) is 27.9 Å². The second-order valence-corrected chi connectivity index (χ2v) is 6.43. The number of hydrogen-bond donors (Lipinski definition) is 1. The van der Waals surface area contributed by atoms with Gasteiger partial charge in [-0.1, -0.05) is 0 Å². The lowest BCUT2D eigenvalue weighted by Crippen LogP contribution is -2.27. The van der Waals surface area contributed by atoms with E-state index in [1.807, 2.05) is 28.4 Å². The molecule has 2 aromatic heterocycles. The molecule has 0 atom stereocenters. The summed E-state index contributed by atoms with van der Waals surface area (Å²) in [5.74, 6) is 1.11. The maximum absolute atomic E-state index is 12.5. The minimum Gasteiger partial charge on any atom is -0.493 e. The standard InChI is InChI=1S/C19H21N3O4S/c1-24-16-10-14(11-17(25-2)18(16)26-3)19(23)20-6-8-22-7-4-15(21-22)13-5-9-27-12-13/h4-5,7,9-12H,6,8H2,1-3H3,(H,20,23). The van der Waals surface area contributed by atoms with Crippen LogP contribution in [0, 0.1) is 0 Å². The quantitative estimate of drug-likeness (QED) is 0.643. The highest BCUT2D eigenvalue weighted by molar-refractivity contribution is 7.08. The third-order valence-electron chi connectivity index (χ3n) is 4.01. The van der Waals surface area contributed by atoms with Crippen LogP contribution in [-0.4, -0.2) is 43.6 Å². The molecule has 0 saturated heterocycles. The Kier molecular flexibility index (Phi) is 5.97. The summed E-state index contributed by atoms with van der Waals surface area (Å²) < 4.78 is 17.6. The summed E-state index contributed by atoms with van der Waals surface area (Å²) in [6.45, 7) is 1.01. The molecule has 2 heterocycles. The summed E-state index contributed by atoms with van der Waals surface area (Å²) in [4.78, 5) is 12.5. The topological polar surface area (TPSA) is 74.6 Å². The van der Waals surface area contributed by atoms with Crippen molar-refractivity contribution < 1.29 is 19.0 Å². The van der Waals surface area contributed by atoms with Crippen LogP contribution in [0.3, 0.4) is 0 Å². The lowest BCUT2D eigenvalue weighted by atomic mass is 10.1. The van der Waals surface area contributed by atoms with Gasteiger partial charge in [-0.15, -0.1) is 0 Å². The molecule has 142 valence electrons. The van der Waals surface area contributed by atoms with Crippen molar-refractivity contribution >= 4 is 17.2 Å². The summed E-state index contributed by atoms with van der Waals surface area (Å²) in [5.41, 5.74) is 2.45. The number of thiophene rings is 1. The van der Waals surface area contributed by atoms with Crippen molar-refractivity contribution in [3.63, 3.8) is 0 Å². The predicted molar refractivity (Wildman–Crippen MR) is 104 cm³/mol. The number of aromatic nitrogens is 2. The van der Waals surface area contributed by atoms with Crippen molar-refractivity contribution in [2.24, 2.45) is 0 Å². The molecule has 3 rings (SSSR count). The first-order valence-corrected chi connectivity index (χ1v) is 9.24. The lowest BCUT2D eigenvalue weighted by Gasteiger charge is -2.14. The minimum absolute atomic E-state index is 0.223. The van der Waals surface area contributed by atoms with Gasteiger partial charge >= 0.3 is 0 Å². The van der Waals surface area contributed by atoms with E-state index in [4.69, 9.17) is 14.2 Å². The van der Waals surface area contributed by atoms with Gasteiger partial charge in [0.15, 0.2) is 11.5 Å². The third-order valence-corrected chi connectivity index (χ3v) is 4.69. The Balaban J connectivity index is 1.62. The average Bonchev–Trinajstić information content (AvgIpc) is 3.38. The number of nitrogens with one attached hydrogen (secondary N) is 1. The molecule has 0 unspecified atom stereocenters. The van der Waals surface area contributed by atoms with Crippen LogP contribution >= 0.6 is 11.3 Å². The fraction of sp³-hybridized carbons (Fsp3) is 0.263. The molecule has 0 bridgehead atoms. The Labute approximate surface area is 161 Å². The summed E-state index contributed by atoms with van der Waals surface area (Å²) in [5, 5.41) is 11.5. The Morgan fingerprint density at radius 2 is 1.89 bits per heavy atom. The molecule has 0 saturated carbocycles. The zero-order valence-corrected chi connectivity index (χ0v) is 16.2. The van der Waals surface area contributed by atoms with Crippen LogP contribution in [0.25, 0.3) is 11.3 Å². The molecule has 7 nitrogen and oxygen atoms in total. The number of benzene rings is 1. The van der Waals surface area contributed by atoms with Gasteiger partial charge in [0.2, 0.25) is 5.75 Å². The van der Waals surface area contributed by atoms with E-state index >= 15 is 0 Å². The SMILES string of the molecule is COc1cc(C(=O)NCCn2ccc(-c3ccsc3)n2)cc(OC)c1OC. The molecular weight excluding hydrogens is 366 g/mol. The van der Waals surface area contributed by atoms with E-state index in [2.05, 4.69) is 15.8 Å². The summed E-state index contributed by atoms with van der Waals surface area (Å²) >= 11 is 1.64. The predicted octanol–water partition coefficient (Wildman–Crippen LogP) is 3.07. The van der Waals surface area contributed by atoms with Crippen molar-refractivity contribution in [2.45, 2.75) is 6.54 Å². The van der Waals surface area contributed by atoms with Gasteiger partial charge in [-0.3, -0.25) is 9.48 Å². The second kappa shape index (κ2) is 8.59. The van der Waals surface area contributed by atoms with Gasteiger partial charge in [0.1, 0.15) is 0 Å². The maximum Gasteiger partial charge on any atom is 0.251 e. The van der Waals surface area contributed by atoms with Crippen LogP contribution in [0.4, 0.5) is 0 Å². The third kappa shape index (κ3) is 4.22. The average molecular weight is 387 g/mol. The first-order chi connectivity index (χ1) is 13.2. The molecule has 1 N–H and O–H groups in total. The Bertz CT molecular complexity index is 881. The Morgan fingerprint density at radius 3 is 2.48 bits per heavy atom. The van der Waals surface area contributed by atoms with Crippen molar-refractivity contribution in [3.05, 3.63) is 46.8 Å². The van der Waals surface area contributed by atoms with E-state index in [9.17, 15) is 4.79 Å². The van der Waals surface area contributed by atoms with Crippen molar-refractivity contribution in [3.8, 4) is 28.5 Å². The van der Waals surface area contributed by atoms with Gasteiger partial charge in [0.05, 0.1) is 33.6 Å². The molecule has 0 spiro atoms. The van der Waals surface area contributed by atoms with Gasteiger partial charge in [0.25, 0.3) is 5.91 Å². The number of carbonyl (C=O) groups is 1. The first kappa shape index (κ1) is 18.8. The molecule has 0 aliphatic rings. The number of rotatable bonds is 8. The van der Waals surface area contributed by atoms with Crippen LogP contribution in [0.1, 0.15) is 10.4 Å². The second-order valence-electron chi connectivity index (χ2n) is 5.65. The molecule has 3 aromatic rings.